The Morgan fingerprint density at radius 3 is 2.57 bits per heavy atom. The lowest BCUT2D eigenvalue weighted by atomic mass is 9.85. The molecule has 1 aliphatic rings. The van der Waals surface area contributed by atoms with Crippen molar-refractivity contribution in [1.29, 1.82) is 0 Å². The van der Waals surface area contributed by atoms with E-state index in [0.717, 1.165) is 23.3 Å². The monoisotopic (exact) mass is 494 g/mol. The summed E-state index contributed by atoms with van der Waals surface area (Å²) in [4.78, 5) is 26.0. The number of furan rings is 1. The molecular weight excluding hydrogens is 463 g/mol. The number of carbonyl (C=O) groups excluding carboxylic acids is 2. The predicted molar refractivity (Wildman–Crippen MR) is 136 cm³/mol. The Morgan fingerprint density at radius 2 is 1.94 bits per heavy atom. The van der Waals surface area contributed by atoms with Gasteiger partial charge in [0.25, 0.3) is 0 Å². The molecule has 2 aromatic carbocycles. The minimum atomic E-state index is -0.389. The molecule has 0 radical (unpaired) electrons. The summed E-state index contributed by atoms with van der Waals surface area (Å²) in [6.07, 6.45) is 7.17. The summed E-state index contributed by atoms with van der Waals surface area (Å²) >= 11 is 1.70. The topological polar surface area (TPSA) is 71.3 Å². The number of nitrogens with one attached hydrogen (secondary N) is 2. The molecule has 2 amide bonds. The first kappa shape index (κ1) is 25.0. The van der Waals surface area contributed by atoms with Crippen molar-refractivity contribution >= 4 is 23.6 Å². The van der Waals surface area contributed by atoms with Gasteiger partial charge in [-0.1, -0.05) is 24.3 Å². The van der Waals surface area contributed by atoms with E-state index in [1.807, 2.05) is 18.4 Å². The van der Waals surface area contributed by atoms with Crippen LogP contribution in [0.3, 0.4) is 0 Å². The third kappa shape index (κ3) is 6.75. The zero-order valence-corrected chi connectivity index (χ0v) is 20.7. The van der Waals surface area contributed by atoms with Crippen LogP contribution in [-0.2, 0) is 16.0 Å². The Hall–Kier alpha value is -3.06. The fraction of sp³-hybridized carbons (Fsp3) is 0.357. The molecule has 184 valence electrons. The summed E-state index contributed by atoms with van der Waals surface area (Å²) in [5.74, 6) is 0.433. The van der Waals surface area contributed by atoms with Crippen LogP contribution in [-0.4, -0.2) is 30.2 Å². The highest BCUT2D eigenvalue weighted by molar-refractivity contribution is 7.98. The second-order valence-corrected chi connectivity index (χ2v) is 9.99. The molecule has 0 spiro atoms. The van der Waals surface area contributed by atoms with E-state index in [2.05, 4.69) is 34.9 Å². The van der Waals surface area contributed by atoms with Crippen LogP contribution in [0.4, 0.5) is 4.39 Å². The fourth-order valence-corrected chi connectivity index (χ4v) is 5.18. The van der Waals surface area contributed by atoms with Gasteiger partial charge in [0.1, 0.15) is 11.6 Å². The summed E-state index contributed by atoms with van der Waals surface area (Å²) < 4.78 is 19.0. The van der Waals surface area contributed by atoms with Crippen molar-refractivity contribution in [2.75, 3.05) is 12.8 Å². The molecule has 2 heterocycles. The van der Waals surface area contributed by atoms with Crippen LogP contribution in [0.25, 0.3) is 0 Å². The summed E-state index contributed by atoms with van der Waals surface area (Å²) in [6.45, 7) is 0.469. The molecule has 7 heteroatoms. The normalized spacial score (nSPS) is 18.3. The van der Waals surface area contributed by atoms with Crippen molar-refractivity contribution < 1.29 is 18.4 Å². The van der Waals surface area contributed by atoms with Crippen molar-refractivity contribution in [3.05, 3.63) is 89.6 Å². The first-order valence-corrected chi connectivity index (χ1v) is 13.2. The van der Waals surface area contributed by atoms with E-state index < -0.39 is 0 Å². The van der Waals surface area contributed by atoms with Crippen LogP contribution >= 0.6 is 11.8 Å². The van der Waals surface area contributed by atoms with Gasteiger partial charge in [-0.3, -0.25) is 9.59 Å². The number of benzene rings is 2. The second kappa shape index (κ2) is 11.6. The predicted octanol–water partition coefficient (Wildman–Crippen LogP) is 5.45. The van der Waals surface area contributed by atoms with Crippen LogP contribution in [0.1, 0.15) is 54.9 Å². The molecule has 1 aliphatic heterocycles. The van der Waals surface area contributed by atoms with Crippen LogP contribution < -0.4 is 10.6 Å². The smallest absolute Gasteiger partial charge is 0.220 e. The van der Waals surface area contributed by atoms with Gasteiger partial charge in [0.2, 0.25) is 11.8 Å². The van der Waals surface area contributed by atoms with Gasteiger partial charge < -0.3 is 15.1 Å². The van der Waals surface area contributed by atoms with Crippen molar-refractivity contribution in [3.8, 4) is 0 Å². The lowest BCUT2D eigenvalue weighted by molar-refractivity contribution is -0.122. The molecule has 0 saturated carbocycles. The first-order valence-electron chi connectivity index (χ1n) is 12.0. The maximum Gasteiger partial charge on any atom is 0.220 e. The Labute approximate surface area is 209 Å². The molecule has 1 saturated heterocycles. The Bertz CT molecular complexity index is 1120. The standard InChI is InChI=1S/C28H31FN2O3S/c1-35-23-10-4-20(5-11-23)19-28(16-13-27(33)31-28)15-12-26(32)30-17-14-24(25-3-2-18-34-25)21-6-8-22(29)9-7-21/h2-11,18,24H,12-17,19H2,1H3,(H,30,32)(H,31,33)/t24-,28-/m0/s1. The van der Waals surface area contributed by atoms with Gasteiger partial charge in [-0.2, -0.15) is 0 Å². The van der Waals surface area contributed by atoms with Crippen molar-refractivity contribution in [2.45, 2.75) is 54.9 Å². The number of carbonyl (C=O) groups is 2. The lowest BCUT2D eigenvalue weighted by Gasteiger charge is -2.29. The van der Waals surface area contributed by atoms with Gasteiger partial charge in [0, 0.05) is 35.7 Å². The van der Waals surface area contributed by atoms with E-state index in [1.165, 1.54) is 17.0 Å². The van der Waals surface area contributed by atoms with Crippen LogP contribution in [0.5, 0.6) is 0 Å². The number of halogens is 1. The first-order chi connectivity index (χ1) is 17.0. The largest absolute Gasteiger partial charge is 0.469 e. The maximum atomic E-state index is 13.4. The Balaban J connectivity index is 1.32. The highest BCUT2D eigenvalue weighted by Crippen LogP contribution is 2.31. The third-order valence-corrected chi connectivity index (χ3v) is 7.43. The number of hydrogen-bond donors (Lipinski definition) is 2. The maximum absolute atomic E-state index is 13.4. The van der Waals surface area contributed by atoms with Gasteiger partial charge >= 0.3 is 0 Å². The number of hydrogen-bond acceptors (Lipinski definition) is 4. The Kier molecular flexibility index (Phi) is 8.29. The molecule has 0 aliphatic carbocycles. The highest BCUT2D eigenvalue weighted by atomic mass is 32.2. The van der Waals surface area contributed by atoms with Gasteiger partial charge in [-0.15, -0.1) is 11.8 Å². The Morgan fingerprint density at radius 1 is 1.17 bits per heavy atom. The number of thioether (sulfide) groups is 1. The SMILES string of the molecule is CSc1ccc(C[C@]2(CCC(=O)NCC[C@@H](c3ccc(F)cc3)c3ccco3)CCC(=O)N2)cc1. The highest BCUT2D eigenvalue weighted by Gasteiger charge is 2.37. The fourth-order valence-electron chi connectivity index (χ4n) is 4.77. The quantitative estimate of drug-likeness (QED) is 0.348. The van der Waals surface area contributed by atoms with Gasteiger partial charge in [0.05, 0.1) is 6.26 Å². The summed E-state index contributed by atoms with van der Waals surface area (Å²) in [7, 11) is 0. The number of amides is 2. The van der Waals surface area contributed by atoms with E-state index in [-0.39, 0.29) is 29.1 Å². The molecule has 0 unspecified atom stereocenters. The summed E-state index contributed by atoms with van der Waals surface area (Å²) in [5.41, 5.74) is 1.71. The molecule has 35 heavy (non-hydrogen) atoms. The van der Waals surface area contributed by atoms with Crippen LogP contribution in [0.15, 0.2) is 76.2 Å². The lowest BCUT2D eigenvalue weighted by Crippen LogP contribution is -2.44. The van der Waals surface area contributed by atoms with Crippen LogP contribution in [0.2, 0.25) is 0 Å². The second-order valence-electron chi connectivity index (χ2n) is 9.11. The van der Waals surface area contributed by atoms with Crippen molar-refractivity contribution in [1.82, 2.24) is 10.6 Å². The summed E-state index contributed by atoms with van der Waals surface area (Å²) in [5, 5.41) is 6.17. The average Bonchev–Trinajstić information content (AvgIpc) is 3.52. The number of rotatable bonds is 11. The zero-order chi connectivity index (χ0) is 24.7. The minimum absolute atomic E-state index is 0.0412. The van der Waals surface area contributed by atoms with Crippen molar-refractivity contribution in [2.24, 2.45) is 0 Å². The van der Waals surface area contributed by atoms with Crippen LogP contribution in [0, 0.1) is 5.82 Å². The summed E-state index contributed by atoms with van der Waals surface area (Å²) in [6, 6.07) is 18.5. The van der Waals surface area contributed by atoms with Gasteiger partial charge in [-0.25, -0.2) is 4.39 Å². The minimum Gasteiger partial charge on any atom is -0.469 e. The molecule has 2 atom stereocenters. The third-order valence-electron chi connectivity index (χ3n) is 6.68. The van der Waals surface area contributed by atoms with E-state index in [9.17, 15) is 14.0 Å². The molecule has 5 nitrogen and oxygen atoms in total. The molecule has 4 rings (SSSR count). The van der Waals surface area contributed by atoms with E-state index >= 15 is 0 Å². The van der Waals surface area contributed by atoms with E-state index in [1.54, 1.807) is 30.2 Å². The van der Waals surface area contributed by atoms with Crippen molar-refractivity contribution in [3.63, 3.8) is 0 Å². The van der Waals surface area contributed by atoms with Gasteiger partial charge in [-0.05, 0) is 79.5 Å². The molecule has 0 bridgehead atoms. The average molecular weight is 495 g/mol. The van der Waals surface area contributed by atoms with E-state index in [0.29, 0.717) is 38.6 Å². The molecule has 2 N–H and O–H groups in total. The molecular formula is C28H31FN2O3S. The molecule has 1 aromatic heterocycles. The molecule has 1 fully saturated rings. The zero-order valence-electron chi connectivity index (χ0n) is 19.9. The molecule has 3 aromatic rings. The van der Waals surface area contributed by atoms with Gasteiger partial charge in [0.15, 0.2) is 0 Å². The van der Waals surface area contributed by atoms with E-state index in [4.69, 9.17) is 4.42 Å².